The van der Waals surface area contributed by atoms with Crippen molar-refractivity contribution < 1.29 is 4.79 Å². The van der Waals surface area contributed by atoms with Crippen molar-refractivity contribution in [3.8, 4) is 10.6 Å². The zero-order chi connectivity index (χ0) is 20.7. The molecule has 1 aliphatic rings. The number of fused-ring (bicyclic) bond motifs is 1. The maximum absolute atomic E-state index is 13.3. The van der Waals surface area contributed by atoms with Gasteiger partial charge in [0.25, 0.3) is 5.91 Å². The first-order valence-corrected chi connectivity index (χ1v) is 12.7. The molecule has 3 aromatic rings. The van der Waals surface area contributed by atoms with E-state index in [0.29, 0.717) is 5.56 Å². The fraction of sp³-hybridized carbons (Fsp3) is 0.100. The summed E-state index contributed by atoms with van der Waals surface area (Å²) in [6.07, 6.45) is 6.51. The van der Waals surface area contributed by atoms with Crippen LogP contribution in [0.2, 0.25) is 0 Å². The molecule has 0 saturated heterocycles. The van der Waals surface area contributed by atoms with Crippen molar-refractivity contribution in [2.24, 2.45) is 0 Å². The summed E-state index contributed by atoms with van der Waals surface area (Å²) >= 11 is 1.67. The second kappa shape index (κ2) is 8.89. The van der Waals surface area contributed by atoms with E-state index >= 15 is 0 Å². The number of amides is 1. The van der Waals surface area contributed by atoms with Gasteiger partial charge in [-0.15, -0.1) is 57.5 Å². The Morgan fingerprint density at radius 2 is 1.52 bits per heavy atom. The first-order chi connectivity index (χ1) is 13.9. The molecule has 5 atom stereocenters. The van der Waals surface area contributed by atoms with Gasteiger partial charge in [0.15, 0.2) is 0 Å². The highest BCUT2D eigenvalue weighted by Gasteiger charge is 2.20. The van der Waals surface area contributed by atoms with Crippen molar-refractivity contribution >= 4 is 108 Å². The molecule has 5 unspecified atom stereocenters. The molecule has 0 spiro atoms. The van der Waals surface area contributed by atoms with Gasteiger partial charge in [-0.1, -0.05) is 24.3 Å². The lowest BCUT2D eigenvalue weighted by atomic mass is 10.1. The first kappa shape index (κ1) is 21.7. The first-order valence-electron chi connectivity index (χ1n) is 8.97. The number of nitrogens with one attached hydrogen (secondary N) is 1. The van der Waals surface area contributed by atoms with Gasteiger partial charge in [-0.05, 0) is 51.5 Å². The molecule has 9 heteroatoms. The summed E-state index contributed by atoms with van der Waals surface area (Å²) in [6.45, 7) is 0. The summed E-state index contributed by atoms with van der Waals surface area (Å²) in [5.41, 5.74) is 2.36. The van der Waals surface area contributed by atoms with Crippen molar-refractivity contribution in [3.05, 3.63) is 39.7 Å². The van der Waals surface area contributed by atoms with Crippen molar-refractivity contribution in [2.45, 2.75) is 12.8 Å². The molecule has 0 bridgehead atoms. The smallest absolute Gasteiger partial charge is 0.256 e. The Morgan fingerprint density at radius 3 is 2.21 bits per heavy atom. The number of para-hydroxylation sites is 1. The maximum atomic E-state index is 13.3. The van der Waals surface area contributed by atoms with Crippen LogP contribution in [0, 0.1) is 0 Å². The lowest BCUT2D eigenvalue weighted by molar-refractivity contribution is 0.102. The molecule has 2 aromatic carbocycles. The van der Waals surface area contributed by atoms with Crippen LogP contribution in [-0.4, -0.2) is 10.9 Å². The van der Waals surface area contributed by atoms with Crippen molar-refractivity contribution in [3.63, 3.8) is 0 Å². The highest BCUT2D eigenvalue weighted by Crippen LogP contribution is 2.28. The molecule has 29 heavy (non-hydrogen) atoms. The molecule has 148 valence electrons. The van der Waals surface area contributed by atoms with Gasteiger partial charge in [-0.25, -0.2) is 4.98 Å². The van der Waals surface area contributed by atoms with Crippen molar-refractivity contribution in [2.75, 3.05) is 5.32 Å². The van der Waals surface area contributed by atoms with Gasteiger partial charge in [0.05, 0.1) is 21.1 Å². The lowest BCUT2D eigenvalue weighted by Gasteiger charge is -2.18. The average molecular weight is 492 g/mol. The van der Waals surface area contributed by atoms with Gasteiger partial charge in [0, 0.05) is 5.56 Å². The molecule has 0 aliphatic heterocycles. The summed E-state index contributed by atoms with van der Waals surface area (Å²) in [6, 6.07) is 7.85. The van der Waals surface area contributed by atoms with Crippen LogP contribution >= 0.6 is 57.5 Å². The summed E-state index contributed by atoms with van der Waals surface area (Å²) in [7, 11) is 13.6. The minimum absolute atomic E-state index is 0.135. The van der Waals surface area contributed by atoms with Crippen LogP contribution in [0.15, 0.2) is 24.3 Å². The maximum Gasteiger partial charge on any atom is 0.256 e. The number of carbonyl (C=O) groups is 1. The third kappa shape index (κ3) is 4.14. The molecule has 3 nitrogen and oxygen atoms in total. The Labute approximate surface area is 185 Å². The Kier molecular flexibility index (Phi) is 6.64. The molecule has 1 N–H and O–H groups in total. The minimum Gasteiger partial charge on any atom is -0.321 e. The zero-order valence-corrected chi connectivity index (χ0v) is 22.1. The van der Waals surface area contributed by atoms with Crippen molar-refractivity contribution in [1.29, 1.82) is 0 Å². The number of benzene rings is 2. The molecule has 1 amide bonds. The van der Waals surface area contributed by atoms with Crippen LogP contribution in [-0.2, 0) is 0 Å². The quantitative estimate of drug-likeness (QED) is 0.553. The highest BCUT2D eigenvalue weighted by molar-refractivity contribution is 7.45. The molecule has 4 rings (SSSR count). The molecule has 1 aromatic heterocycles. The second-order valence-electron chi connectivity index (χ2n) is 6.70. The minimum atomic E-state index is -0.135. The SMILES string of the molecule is O=C(Nc1ccccc1-c1nc2c(s1)=CCCC=2)c1c(P)c(P)c(P)c(P)c1P. The Bertz CT molecular complexity index is 1210. The standard InChI is InChI=1S/C20H21N2OP5S/c23-19(13-14(24)16(26)18(28)17(27)15(13)25)21-10-6-2-1-5-9(10)20-22-11-7-3-4-8-12(11)29-20/h1-2,5-8H,3-4,24-28H2,(H,21,23). The number of rotatable bonds is 3. The number of thiazole rings is 1. The third-order valence-corrected chi connectivity index (χ3v) is 10.3. The molecule has 0 fully saturated rings. The van der Waals surface area contributed by atoms with Crippen LogP contribution in [0.25, 0.3) is 22.7 Å². The number of hydrogen-bond donors (Lipinski definition) is 1. The van der Waals surface area contributed by atoms with Crippen molar-refractivity contribution in [1.82, 2.24) is 4.98 Å². The van der Waals surface area contributed by atoms with Gasteiger partial charge in [0.1, 0.15) is 5.01 Å². The van der Waals surface area contributed by atoms with Gasteiger partial charge in [-0.2, -0.15) is 0 Å². The van der Waals surface area contributed by atoms with E-state index in [2.05, 4.69) is 63.7 Å². The van der Waals surface area contributed by atoms with Crippen LogP contribution in [0.1, 0.15) is 23.2 Å². The topological polar surface area (TPSA) is 42.0 Å². The molecular formula is C20H21N2OP5S. The van der Waals surface area contributed by atoms with E-state index in [1.165, 1.54) is 4.53 Å². The Hall–Kier alpha value is -0.570. The average Bonchev–Trinajstić information content (AvgIpc) is 3.15. The van der Waals surface area contributed by atoms with E-state index in [9.17, 15) is 4.79 Å². The monoisotopic (exact) mass is 492 g/mol. The lowest BCUT2D eigenvalue weighted by Crippen LogP contribution is -2.45. The van der Waals surface area contributed by atoms with Crippen LogP contribution in [0.4, 0.5) is 5.69 Å². The summed E-state index contributed by atoms with van der Waals surface area (Å²) < 4.78 is 1.21. The molecule has 1 aliphatic carbocycles. The van der Waals surface area contributed by atoms with E-state index < -0.39 is 0 Å². The zero-order valence-electron chi connectivity index (χ0n) is 15.5. The van der Waals surface area contributed by atoms with Gasteiger partial charge < -0.3 is 5.32 Å². The Balaban J connectivity index is 1.76. The predicted molar refractivity (Wildman–Crippen MR) is 146 cm³/mol. The van der Waals surface area contributed by atoms with E-state index in [1.807, 2.05) is 24.3 Å². The summed E-state index contributed by atoms with van der Waals surface area (Å²) in [5, 5.41) is 9.89. The molecular weight excluding hydrogens is 471 g/mol. The van der Waals surface area contributed by atoms with Gasteiger partial charge >= 0.3 is 0 Å². The number of hydrogen-bond acceptors (Lipinski definition) is 3. The molecule has 0 radical (unpaired) electrons. The number of anilines is 1. The van der Waals surface area contributed by atoms with Crippen LogP contribution in [0.3, 0.4) is 0 Å². The highest BCUT2D eigenvalue weighted by atomic mass is 32.1. The fourth-order valence-electron chi connectivity index (χ4n) is 3.24. The molecule has 1 heterocycles. The van der Waals surface area contributed by atoms with E-state index in [0.717, 1.165) is 61.0 Å². The van der Waals surface area contributed by atoms with E-state index in [1.54, 1.807) is 11.3 Å². The summed E-state index contributed by atoms with van der Waals surface area (Å²) in [5.74, 6) is -0.135. The van der Waals surface area contributed by atoms with Crippen LogP contribution < -0.4 is 41.7 Å². The Morgan fingerprint density at radius 1 is 0.897 bits per heavy atom. The fourth-order valence-corrected chi connectivity index (χ4v) is 6.78. The van der Waals surface area contributed by atoms with Gasteiger partial charge in [-0.3, -0.25) is 4.79 Å². The predicted octanol–water partition coefficient (Wildman–Crippen LogP) is 0.919. The van der Waals surface area contributed by atoms with Gasteiger partial charge in [0.2, 0.25) is 0 Å². The van der Waals surface area contributed by atoms with E-state index in [4.69, 9.17) is 4.98 Å². The van der Waals surface area contributed by atoms with E-state index in [-0.39, 0.29) is 5.91 Å². The normalized spacial score (nSPS) is 12.7. The van der Waals surface area contributed by atoms with Crippen LogP contribution in [0.5, 0.6) is 0 Å². The largest absolute Gasteiger partial charge is 0.321 e. The summed E-state index contributed by atoms with van der Waals surface area (Å²) in [4.78, 5) is 18.1. The number of aromatic nitrogens is 1. The number of carbonyl (C=O) groups excluding carboxylic acids is 1. The third-order valence-electron chi connectivity index (χ3n) is 4.85. The number of nitrogens with zero attached hydrogens (tertiary/aromatic N) is 1. The second-order valence-corrected chi connectivity index (χ2v) is 10.6. The molecule has 0 saturated carbocycles.